The molecule has 0 bridgehead atoms. The minimum absolute atomic E-state index is 0.169. The molecule has 1 N–H and O–H groups in total. The Morgan fingerprint density at radius 3 is 2.81 bits per heavy atom. The molecule has 3 nitrogen and oxygen atoms in total. The summed E-state index contributed by atoms with van der Waals surface area (Å²) in [5.41, 5.74) is -1.09. The predicted molar refractivity (Wildman–Crippen MR) is 73.9 cm³/mol. The van der Waals surface area contributed by atoms with Crippen molar-refractivity contribution < 1.29 is 17.9 Å². The molecule has 0 amide bonds. The highest BCUT2D eigenvalue weighted by atomic mass is 19.4. The molecule has 0 aromatic carbocycles. The molecule has 0 aliphatic carbocycles. The number of nitrogens with one attached hydrogen (secondary N) is 1. The molecule has 0 saturated carbocycles. The Morgan fingerprint density at radius 1 is 1.48 bits per heavy atom. The average Bonchev–Trinajstić information content (AvgIpc) is 2.86. The summed E-state index contributed by atoms with van der Waals surface area (Å²) in [7, 11) is 0. The zero-order valence-electron chi connectivity index (χ0n) is 12.3. The van der Waals surface area contributed by atoms with E-state index in [-0.39, 0.29) is 5.56 Å². The Hall–Kier alpha value is -1.14. The van der Waals surface area contributed by atoms with Crippen LogP contribution in [0.2, 0.25) is 0 Å². The van der Waals surface area contributed by atoms with E-state index in [1.807, 2.05) is 13.8 Å². The van der Waals surface area contributed by atoms with E-state index in [4.69, 9.17) is 4.74 Å². The maximum absolute atomic E-state index is 13.2. The van der Waals surface area contributed by atoms with Crippen LogP contribution in [0.1, 0.15) is 50.3 Å². The Bertz CT molecular complexity index is 470. The molecule has 0 spiro atoms. The van der Waals surface area contributed by atoms with Gasteiger partial charge in [0, 0.05) is 24.6 Å². The number of halogens is 3. The summed E-state index contributed by atoms with van der Waals surface area (Å²) in [6.07, 6.45) is 0.542. The van der Waals surface area contributed by atoms with Gasteiger partial charge in [0.1, 0.15) is 0 Å². The summed E-state index contributed by atoms with van der Waals surface area (Å²) in [5, 5.41) is 3.22. The third-order valence-corrected chi connectivity index (χ3v) is 3.93. The molecule has 1 aromatic heterocycles. The zero-order valence-corrected chi connectivity index (χ0v) is 12.3. The fraction of sp³-hybridized carbons (Fsp3) is 0.667. The summed E-state index contributed by atoms with van der Waals surface area (Å²) < 4.78 is 45.5. The molecule has 1 fully saturated rings. The normalized spacial score (nSPS) is 24.2. The maximum atomic E-state index is 13.2. The van der Waals surface area contributed by atoms with Gasteiger partial charge < -0.3 is 10.1 Å². The zero-order chi connectivity index (χ0) is 15.5. The standard InChI is InChI=1S/C15H21F3N2O/c1-3-7-20-13(14(2)6-4-9-21-14)11-10-19-8-5-12(11)15(16,17)18/h5,8,10,13,20H,3-4,6-7,9H2,1-2H3. The van der Waals surface area contributed by atoms with E-state index in [1.54, 1.807) is 0 Å². The number of rotatable bonds is 5. The van der Waals surface area contributed by atoms with Gasteiger partial charge in [-0.15, -0.1) is 0 Å². The molecule has 1 aliphatic heterocycles. The molecule has 6 heteroatoms. The number of aromatic nitrogens is 1. The lowest BCUT2D eigenvalue weighted by Gasteiger charge is -2.35. The van der Waals surface area contributed by atoms with Crippen LogP contribution in [0, 0.1) is 0 Å². The van der Waals surface area contributed by atoms with E-state index < -0.39 is 23.4 Å². The van der Waals surface area contributed by atoms with E-state index in [0.29, 0.717) is 13.2 Å². The molecular weight excluding hydrogens is 281 g/mol. The molecule has 2 rings (SSSR count). The Balaban J connectivity index is 2.41. The van der Waals surface area contributed by atoms with Crippen LogP contribution in [0.3, 0.4) is 0 Å². The molecule has 2 heterocycles. The van der Waals surface area contributed by atoms with Crippen molar-refractivity contribution in [3.05, 3.63) is 29.6 Å². The van der Waals surface area contributed by atoms with Gasteiger partial charge in [-0.05, 0) is 38.8 Å². The fourth-order valence-electron chi connectivity index (χ4n) is 2.87. The summed E-state index contributed by atoms with van der Waals surface area (Å²) in [6.45, 7) is 5.08. The van der Waals surface area contributed by atoms with Crippen molar-refractivity contribution in [3.8, 4) is 0 Å². The van der Waals surface area contributed by atoms with Crippen LogP contribution in [0.5, 0.6) is 0 Å². The quantitative estimate of drug-likeness (QED) is 0.900. The lowest BCUT2D eigenvalue weighted by Crippen LogP contribution is -2.42. The first kappa shape index (κ1) is 16.2. The van der Waals surface area contributed by atoms with Gasteiger partial charge in [-0.2, -0.15) is 13.2 Å². The second kappa shape index (κ2) is 6.32. The molecule has 21 heavy (non-hydrogen) atoms. The number of hydrogen-bond donors (Lipinski definition) is 1. The molecule has 118 valence electrons. The summed E-state index contributed by atoms with van der Waals surface area (Å²) in [6, 6.07) is 0.527. The number of pyridine rings is 1. The summed E-state index contributed by atoms with van der Waals surface area (Å²) in [5.74, 6) is 0. The third-order valence-electron chi connectivity index (χ3n) is 3.93. The molecule has 2 unspecified atom stereocenters. The van der Waals surface area contributed by atoms with Crippen molar-refractivity contribution in [1.29, 1.82) is 0 Å². The second-order valence-electron chi connectivity index (χ2n) is 5.61. The van der Waals surface area contributed by atoms with Crippen LogP contribution in [-0.2, 0) is 10.9 Å². The lowest BCUT2D eigenvalue weighted by atomic mass is 9.86. The monoisotopic (exact) mass is 302 g/mol. The van der Waals surface area contributed by atoms with Gasteiger partial charge in [0.05, 0.1) is 17.2 Å². The molecular formula is C15H21F3N2O. The molecule has 2 atom stereocenters. The fourth-order valence-corrected chi connectivity index (χ4v) is 2.87. The van der Waals surface area contributed by atoms with E-state index >= 15 is 0 Å². The smallest absolute Gasteiger partial charge is 0.373 e. The van der Waals surface area contributed by atoms with E-state index in [1.165, 1.54) is 12.4 Å². The average molecular weight is 302 g/mol. The highest BCUT2D eigenvalue weighted by Gasteiger charge is 2.43. The Morgan fingerprint density at radius 2 is 2.24 bits per heavy atom. The topological polar surface area (TPSA) is 34.2 Å². The number of alkyl halides is 3. The van der Waals surface area contributed by atoms with E-state index in [0.717, 1.165) is 25.3 Å². The van der Waals surface area contributed by atoms with Crippen LogP contribution >= 0.6 is 0 Å². The largest absolute Gasteiger partial charge is 0.416 e. The summed E-state index contributed by atoms with van der Waals surface area (Å²) in [4.78, 5) is 3.89. The number of hydrogen-bond acceptors (Lipinski definition) is 3. The van der Waals surface area contributed by atoms with Crippen LogP contribution in [0.15, 0.2) is 18.5 Å². The van der Waals surface area contributed by atoms with Gasteiger partial charge in [0.15, 0.2) is 0 Å². The van der Waals surface area contributed by atoms with E-state index in [9.17, 15) is 13.2 Å². The Labute approximate surface area is 122 Å². The van der Waals surface area contributed by atoms with Crippen molar-refractivity contribution in [1.82, 2.24) is 10.3 Å². The Kier molecular flexibility index (Phi) is 4.88. The van der Waals surface area contributed by atoms with E-state index in [2.05, 4.69) is 10.3 Å². The lowest BCUT2D eigenvalue weighted by molar-refractivity contribution is -0.139. The van der Waals surface area contributed by atoms with Crippen LogP contribution in [-0.4, -0.2) is 23.7 Å². The van der Waals surface area contributed by atoms with Gasteiger partial charge in [0.25, 0.3) is 0 Å². The van der Waals surface area contributed by atoms with Gasteiger partial charge in [-0.1, -0.05) is 6.92 Å². The van der Waals surface area contributed by atoms with Gasteiger partial charge in [-0.3, -0.25) is 4.98 Å². The molecule has 1 saturated heterocycles. The molecule has 1 aromatic rings. The molecule has 1 aliphatic rings. The first-order valence-corrected chi connectivity index (χ1v) is 7.27. The number of ether oxygens (including phenoxy) is 1. The van der Waals surface area contributed by atoms with Crippen molar-refractivity contribution in [2.75, 3.05) is 13.2 Å². The van der Waals surface area contributed by atoms with Gasteiger partial charge in [-0.25, -0.2) is 0 Å². The van der Waals surface area contributed by atoms with Gasteiger partial charge in [0.2, 0.25) is 0 Å². The predicted octanol–water partition coefficient (Wildman–Crippen LogP) is 3.71. The van der Waals surface area contributed by atoms with Crippen LogP contribution in [0.25, 0.3) is 0 Å². The van der Waals surface area contributed by atoms with Crippen molar-refractivity contribution in [3.63, 3.8) is 0 Å². The van der Waals surface area contributed by atoms with Gasteiger partial charge >= 0.3 is 6.18 Å². The minimum Gasteiger partial charge on any atom is -0.373 e. The van der Waals surface area contributed by atoms with Crippen LogP contribution in [0.4, 0.5) is 13.2 Å². The molecule has 0 radical (unpaired) electrons. The highest BCUT2D eigenvalue weighted by molar-refractivity contribution is 5.31. The maximum Gasteiger partial charge on any atom is 0.416 e. The van der Waals surface area contributed by atoms with Crippen molar-refractivity contribution >= 4 is 0 Å². The van der Waals surface area contributed by atoms with Crippen molar-refractivity contribution in [2.24, 2.45) is 0 Å². The third kappa shape index (κ3) is 3.55. The summed E-state index contributed by atoms with van der Waals surface area (Å²) >= 11 is 0. The second-order valence-corrected chi connectivity index (χ2v) is 5.61. The van der Waals surface area contributed by atoms with Crippen LogP contribution < -0.4 is 5.32 Å². The minimum atomic E-state index is -4.39. The highest BCUT2D eigenvalue weighted by Crippen LogP contribution is 2.42. The number of nitrogens with zero attached hydrogens (tertiary/aromatic N) is 1. The first-order valence-electron chi connectivity index (χ1n) is 7.27. The van der Waals surface area contributed by atoms with Crippen molar-refractivity contribution in [2.45, 2.75) is 50.9 Å². The SMILES string of the molecule is CCCNC(c1cnccc1C(F)(F)F)C1(C)CCCO1. The first-order chi connectivity index (χ1) is 9.88.